The van der Waals surface area contributed by atoms with E-state index in [9.17, 15) is 13.2 Å². The van der Waals surface area contributed by atoms with E-state index in [1.165, 1.54) is 0 Å². The van der Waals surface area contributed by atoms with Gasteiger partial charge in [0.2, 0.25) is 0 Å². The van der Waals surface area contributed by atoms with Crippen LogP contribution in [0.1, 0.15) is 19.3 Å². The summed E-state index contributed by atoms with van der Waals surface area (Å²) < 4.78 is 38.5. The van der Waals surface area contributed by atoms with Crippen molar-refractivity contribution in [1.29, 1.82) is 0 Å². The van der Waals surface area contributed by atoms with Gasteiger partial charge in [-0.1, -0.05) is 0 Å². The molecule has 0 aromatic heterocycles. The minimum Gasteiger partial charge on any atom is -0.328 e. The summed E-state index contributed by atoms with van der Waals surface area (Å²) in [7, 11) is 0. The maximum Gasteiger partial charge on any atom is 0.522 e. The van der Waals surface area contributed by atoms with E-state index in [4.69, 9.17) is 5.73 Å². The quantitative estimate of drug-likeness (QED) is 0.709. The van der Waals surface area contributed by atoms with Gasteiger partial charge in [-0.25, -0.2) is 0 Å². The lowest BCUT2D eigenvalue weighted by molar-refractivity contribution is -0.341. The SMILES string of the molecule is Cl.N[C@@H]1CC[C@@H](OC(F)(F)F)C1. The molecule has 2 atom stereocenters. The van der Waals surface area contributed by atoms with E-state index in [0.29, 0.717) is 19.3 Å². The molecule has 0 aliphatic heterocycles. The van der Waals surface area contributed by atoms with Gasteiger partial charge in [0.15, 0.2) is 0 Å². The van der Waals surface area contributed by atoms with Gasteiger partial charge in [0, 0.05) is 6.04 Å². The molecule has 0 amide bonds. The van der Waals surface area contributed by atoms with Crippen LogP contribution in [0.2, 0.25) is 0 Å². The molecule has 0 saturated heterocycles. The Bertz CT molecular complexity index is 141. The van der Waals surface area contributed by atoms with Gasteiger partial charge in [-0.15, -0.1) is 25.6 Å². The fourth-order valence-corrected chi connectivity index (χ4v) is 1.27. The average Bonchev–Trinajstić information content (AvgIpc) is 2.10. The van der Waals surface area contributed by atoms with Crippen LogP contribution >= 0.6 is 12.4 Å². The Hall–Kier alpha value is -0.0000000000000000555. The molecule has 0 radical (unpaired) electrons. The fraction of sp³-hybridized carbons (Fsp3) is 1.00. The summed E-state index contributed by atoms with van der Waals surface area (Å²) in [6, 6.07) is -0.123. The Morgan fingerprint density at radius 2 is 1.83 bits per heavy atom. The third-order valence-electron chi connectivity index (χ3n) is 1.73. The molecule has 12 heavy (non-hydrogen) atoms. The summed E-state index contributed by atoms with van der Waals surface area (Å²) in [5.74, 6) is 0. The second-order valence-electron chi connectivity index (χ2n) is 2.76. The zero-order chi connectivity index (χ0) is 8.48. The van der Waals surface area contributed by atoms with Gasteiger partial charge in [-0.2, -0.15) is 0 Å². The number of hydrogen-bond acceptors (Lipinski definition) is 2. The zero-order valence-corrected chi connectivity index (χ0v) is 7.12. The number of rotatable bonds is 1. The van der Waals surface area contributed by atoms with Crippen molar-refractivity contribution in [3.8, 4) is 0 Å². The lowest BCUT2D eigenvalue weighted by atomic mass is 10.3. The Kier molecular flexibility index (Phi) is 4.30. The first-order valence-corrected chi connectivity index (χ1v) is 3.47. The highest BCUT2D eigenvalue weighted by Crippen LogP contribution is 2.27. The van der Waals surface area contributed by atoms with E-state index in [0.717, 1.165) is 0 Å². The number of ether oxygens (including phenoxy) is 1. The molecule has 6 heteroatoms. The number of hydrogen-bond donors (Lipinski definition) is 1. The zero-order valence-electron chi connectivity index (χ0n) is 6.30. The van der Waals surface area contributed by atoms with Crippen molar-refractivity contribution in [2.24, 2.45) is 5.73 Å². The highest BCUT2D eigenvalue weighted by molar-refractivity contribution is 5.85. The summed E-state index contributed by atoms with van der Waals surface area (Å²) in [4.78, 5) is 0. The van der Waals surface area contributed by atoms with Gasteiger partial charge in [-0.05, 0) is 19.3 Å². The molecule has 0 heterocycles. The third kappa shape index (κ3) is 4.13. The smallest absolute Gasteiger partial charge is 0.328 e. The molecule has 1 fully saturated rings. The van der Waals surface area contributed by atoms with E-state index in [2.05, 4.69) is 4.74 Å². The Balaban J connectivity index is 0.00000121. The first-order chi connectivity index (χ1) is 4.97. The molecule has 0 bridgehead atoms. The number of nitrogens with two attached hydrogens (primary N) is 1. The van der Waals surface area contributed by atoms with Gasteiger partial charge in [0.05, 0.1) is 6.10 Å². The molecule has 0 spiro atoms. The number of alkyl halides is 3. The maximum atomic E-state index is 11.6. The minimum absolute atomic E-state index is 0. The van der Waals surface area contributed by atoms with Crippen molar-refractivity contribution < 1.29 is 17.9 Å². The van der Waals surface area contributed by atoms with Crippen LogP contribution in [0.4, 0.5) is 13.2 Å². The summed E-state index contributed by atoms with van der Waals surface area (Å²) in [6.07, 6.45) is -3.86. The normalized spacial score (nSPS) is 30.0. The van der Waals surface area contributed by atoms with E-state index in [1.807, 2.05) is 0 Å². The van der Waals surface area contributed by atoms with Crippen LogP contribution in [-0.2, 0) is 4.74 Å². The molecule has 0 aromatic carbocycles. The van der Waals surface area contributed by atoms with E-state index in [1.54, 1.807) is 0 Å². The first-order valence-electron chi connectivity index (χ1n) is 3.47. The highest BCUT2D eigenvalue weighted by Gasteiger charge is 2.36. The fourth-order valence-electron chi connectivity index (χ4n) is 1.27. The van der Waals surface area contributed by atoms with Crippen LogP contribution < -0.4 is 5.73 Å². The molecule has 1 aliphatic carbocycles. The molecule has 74 valence electrons. The summed E-state index contributed by atoms with van der Waals surface area (Å²) in [5, 5.41) is 0. The first kappa shape index (κ1) is 12.0. The predicted molar refractivity (Wildman–Crippen MR) is 40.0 cm³/mol. The van der Waals surface area contributed by atoms with Crippen LogP contribution in [0.3, 0.4) is 0 Å². The summed E-state index contributed by atoms with van der Waals surface area (Å²) in [6.45, 7) is 0. The van der Waals surface area contributed by atoms with Crippen LogP contribution in [0.25, 0.3) is 0 Å². The topological polar surface area (TPSA) is 35.2 Å². The monoisotopic (exact) mass is 205 g/mol. The molecule has 1 rings (SSSR count). The predicted octanol–water partition coefficient (Wildman–Crippen LogP) is 1.82. The van der Waals surface area contributed by atoms with Crippen molar-refractivity contribution in [3.63, 3.8) is 0 Å². The minimum atomic E-state index is -4.51. The molecular weight excluding hydrogens is 195 g/mol. The molecule has 1 aliphatic rings. The molecule has 0 aromatic rings. The molecule has 0 unspecified atom stereocenters. The summed E-state index contributed by atoms with van der Waals surface area (Å²) >= 11 is 0. The molecule has 2 N–H and O–H groups in total. The van der Waals surface area contributed by atoms with Crippen LogP contribution in [0, 0.1) is 0 Å². The second-order valence-corrected chi connectivity index (χ2v) is 2.76. The van der Waals surface area contributed by atoms with Crippen molar-refractivity contribution in [2.75, 3.05) is 0 Å². The third-order valence-corrected chi connectivity index (χ3v) is 1.73. The van der Waals surface area contributed by atoms with Gasteiger partial charge in [0.25, 0.3) is 0 Å². The second kappa shape index (κ2) is 4.30. The standard InChI is InChI=1S/C6H10F3NO.ClH/c7-6(8,9)11-5-2-1-4(10)3-5;/h4-5H,1-3,10H2;1H/t4-,5-;/m1./s1. The van der Waals surface area contributed by atoms with Gasteiger partial charge in [0.1, 0.15) is 0 Å². The largest absolute Gasteiger partial charge is 0.522 e. The van der Waals surface area contributed by atoms with Crippen molar-refractivity contribution in [3.05, 3.63) is 0 Å². The molecule has 1 saturated carbocycles. The van der Waals surface area contributed by atoms with Crippen LogP contribution in [-0.4, -0.2) is 18.5 Å². The van der Waals surface area contributed by atoms with E-state index < -0.39 is 12.5 Å². The molecular formula is C6H11ClF3NO. The number of halogens is 4. The van der Waals surface area contributed by atoms with Crippen molar-refractivity contribution in [2.45, 2.75) is 37.8 Å². The highest BCUT2D eigenvalue weighted by atomic mass is 35.5. The molecule has 2 nitrogen and oxygen atoms in total. The Morgan fingerprint density at radius 3 is 2.17 bits per heavy atom. The van der Waals surface area contributed by atoms with Crippen molar-refractivity contribution in [1.82, 2.24) is 0 Å². The van der Waals surface area contributed by atoms with Gasteiger partial charge in [-0.3, -0.25) is 4.74 Å². The van der Waals surface area contributed by atoms with E-state index >= 15 is 0 Å². The van der Waals surface area contributed by atoms with E-state index in [-0.39, 0.29) is 18.4 Å². The van der Waals surface area contributed by atoms with Crippen molar-refractivity contribution >= 4 is 12.4 Å². The van der Waals surface area contributed by atoms with Crippen LogP contribution in [0.15, 0.2) is 0 Å². The lowest BCUT2D eigenvalue weighted by Gasteiger charge is -2.13. The van der Waals surface area contributed by atoms with Crippen LogP contribution in [0.5, 0.6) is 0 Å². The average molecular weight is 206 g/mol. The Labute approximate surface area is 74.7 Å². The maximum absolute atomic E-state index is 11.6. The lowest BCUT2D eigenvalue weighted by Crippen LogP contribution is -2.23. The van der Waals surface area contributed by atoms with Gasteiger partial charge >= 0.3 is 6.36 Å². The summed E-state index contributed by atoms with van der Waals surface area (Å²) in [5.41, 5.74) is 5.40. The van der Waals surface area contributed by atoms with Gasteiger partial charge < -0.3 is 5.73 Å². The Morgan fingerprint density at radius 1 is 1.25 bits per heavy atom.